The summed E-state index contributed by atoms with van der Waals surface area (Å²) in [5.41, 5.74) is 0. The van der Waals surface area contributed by atoms with Crippen LogP contribution in [0.25, 0.3) is 0 Å². The Hall–Kier alpha value is -0.0800. The minimum absolute atomic E-state index is 0.310. The van der Waals surface area contributed by atoms with Crippen molar-refractivity contribution in [2.45, 2.75) is 38.2 Å². The van der Waals surface area contributed by atoms with E-state index in [1.54, 1.807) is 7.11 Å². The molecule has 0 aromatic rings. The van der Waals surface area contributed by atoms with Crippen molar-refractivity contribution >= 4 is 0 Å². The van der Waals surface area contributed by atoms with Crippen molar-refractivity contribution < 1.29 is 9.84 Å². The van der Waals surface area contributed by atoms with E-state index in [9.17, 15) is 0 Å². The van der Waals surface area contributed by atoms with E-state index in [1.807, 2.05) is 0 Å². The maximum absolute atomic E-state index is 8.78. The largest absolute Gasteiger partial charge is 0.396 e. The highest BCUT2D eigenvalue weighted by Gasteiger charge is 2.23. The van der Waals surface area contributed by atoms with E-state index in [0.717, 1.165) is 6.42 Å². The van der Waals surface area contributed by atoms with E-state index < -0.39 is 0 Å². The van der Waals surface area contributed by atoms with E-state index >= 15 is 0 Å². The van der Waals surface area contributed by atoms with Gasteiger partial charge in [0.15, 0.2) is 0 Å². The van der Waals surface area contributed by atoms with Crippen molar-refractivity contribution in [1.29, 1.82) is 0 Å². The van der Waals surface area contributed by atoms with Crippen molar-refractivity contribution in [3.05, 3.63) is 0 Å². The van der Waals surface area contributed by atoms with Crippen LogP contribution in [0.5, 0.6) is 0 Å². The molecule has 2 nitrogen and oxygen atoms in total. The molecule has 1 aliphatic carbocycles. The van der Waals surface area contributed by atoms with Crippen LogP contribution in [-0.4, -0.2) is 24.9 Å². The second-order valence-corrected chi connectivity index (χ2v) is 3.33. The zero-order valence-corrected chi connectivity index (χ0v) is 7.25. The molecule has 1 rings (SSSR count). The van der Waals surface area contributed by atoms with Crippen molar-refractivity contribution in [3.63, 3.8) is 0 Å². The third kappa shape index (κ3) is 2.46. The predicted octanol–water partition coefficient (Wildman–Crippen LogP) is 1.57. The second kappa shape index (κ2) is 4.73. The fourth-order valence-electron chi connectivity index (χ4n) is 1.98. The highest BCUT2D eigenvalue weighted by Crippen LogP contribution is 2.28. The Bertz CT molecular complexity index is 102. The van der Waals surface area contributed by atoms with Gasteiger partial charge in [-0.2, -0.15) is 0 Å². The van der Waals surface area contributed by atoms with E-state index in [-0.39, 0.29) is 0 Å². The maximum atomic E-state index is 8.78. The Morgan fingerprint density at radius 1 is 1.36 bits per heavy atom. The average Bonchev–Trinajstić information content (AvgIpc) is 2.06. The molecule has 1 saturated carbocycles. The first-order valence-electron chi connectivity index (χ1n) is 4.52. The summed E-state index contributed by atoms with van der Waals surface area (Å²) in [5, 5.41) is 8.78. The minimum Gasteiger partial charge on any atom is -0.396 e. The van der Waals surface area contributed by atoms with Crippen molar-refractivity contribution in [1.82, 2.24) is 0 Å². The maximum Gasteiger partial charge on any atom is 0.0600 e. The fraction of sp³-hybridized carbons (Fsp3) is 1.00. The zero-order chi connectivity index (χ0) is 8.10. The summed E-state index contributed by atoms with van der Waals surface area (Å²) in [5.74, 6) is 0.610. The predicted molar refractivity (Wildman–Crippen MR) is 44.5 cm³/mol. The molecule has 0 radical (unpaired) electrons. The normalized spacial score (nSPS) is 32.2. The highest BCUT2D eigenvalue weighted by atomic mass is 16.5. The van der Waals surface area contributed by atoms with Crippen LogP contribution in [0.3, 0.4) is 0 Å². The molecule has 1 aliphatic rings. The average molecular weight is 158 g/mol. The quantitative estimate of drug-likeness (QED) is 0.675. The first kappa shape index (κ1) is 9.01. The summed E-state index contributed by atoms with van der Waals surface area (Å²) in [6.07, 6.45) is 6.35. The molecule has 2 heteroatoms. The molecule has 2 unspecified atom stereocenters. The third-order valence-corrected chi connectivity index (χ3v) is 2.64. The Morgan fingerprint density at radius 3 is 2.73 bits per heavy atom. The number of methoxy groups -OCH3 is 1. The second-order valence-electron chi connectivity index (χ2n) is 3.33. The SMILES string of the molecule is COC1CCCCC1CCO. The molecule has 0 saturated heterocycles. The first-order chi connectivity index (χ1) is 5.38. The van der Waals surface area contributed by atoms with Crippen LogP contribution in [-0.2, 0) is 4.74 Å². The Labute approximate surface area is 68.6 Å². The molecule has 0 aliphatic heterocycles. The Kier molecular flexibility index (Phi) is 3.87. The number of aliphatic hydroxyl groups is 1. The molecular weight excluding hydrogens is 140 g/mol. The Morgan fingerprint density at radius 2 is 2.09 bits per heavy atom. The van der Waals surface area contributed by atoms with Gasteiger partial charge >= 0.3 is 0 Å². The summed E-state index contributed by atoms with van der Waals surface area (Å²) in [6, 6.07) is 0. The molecule has 66 valence electrons. The van der Waals surface area contributed by atoms with Gasteiger partial charge in [-0.15, -0.1) is 0 Å². The van der Waals surface area contributed by atoms with Gasteiger partial charge in [0.25, 0.3) is 0 Å². The third-order valence-electron chi connectivity index (χ3n) is 2.64. The molecule has 2 atom stereocenters. The van der Waals surface area contributed by atoms with Crippen LogP contribution in [0.15, 0.2) is 0 Å². The number of hydrogen-bond acceptors (Lipinski definition) is 2. The molecule has 0 spiro atoms. The minimum atomic E-state index is 0.310. The molecule has 0 aromatic heterocycles. The van der Waals surface area contributed by atoms with Gasteiger partial charge in [0.05, 0.1) is 6.10 Å². The van der Waals surface area contributed by atoms with Crippen LogP contribution in [0, 0.1) is 5.92 Å². The van der Waals surface area contributed by atoms with Gasteiger partial charge in [-0.25, -0.2) is 0 Å². The van der Waals surface area contributed by atoms with Crippen molar-refractivity contribution in [3.8, 4) is 0 Å². The lowest BCUT2D eigenvalue weighted by atomic mass is 9.84. The zero-order valence-electron chi connectivity index (χ0n) is 7.25. The van der Waals surface area contributed by atoms with Crippen LogP contribution in [0.2, 0.25) is 0 Å². The molecule has 0 heterocycles. The summed E-state index contributed by atoms with van der Waals surface area (Å²) in [4.78, 5) is 0. The number of aliphatic hydroxyl groups excluding tert-OH is 1. The van der Waals surface area contributed by atoms with Crippen molar-refractivity contribution in [2.75, 3.05) is 13.7 Å². The Balaban J connectivity index is 2.31. The van der Waals surface area contributed by atoms with E-state index in [1.165, 1.54) is 25.7 Å². The molecule has 0 amide bonds. The van der Waals surface area contributed by atoms with Crippen molar-refractivity contribution in [2.24, 2.45) is 5.92 Å². The van der Waals surface area contributed by atoms with E-state index in [2.05, 4.69) is 0 Å². The number of rotatable bonds is 3. The summed E-state index contributed by atoms with van der Waals surface area (Å²) < 4.78 is 5.35. The highest BCUT2D eigenvalue weighted by molar-refractivity contribution is 4.75. The van der Waals surface area contributed by atoms with Gasteiger partial charge in [-0.1, -0.05) is 12.8 Å². The van der Waals surface area contributed by atoms with Crippen LogP contribution < -0.4 is 0 Å². The van der Waals surface area contributed by atoms with E-state index in [4.69, 9.17) is 9.84 Å². The molecule has 0 aromatic carbocycles. The van der Waals surface area contributed by atoms with Gasteiger partial charge in [0.2, 0.25) is 0 Å². The van der Waals surface area contributed by atoms with Crippen LogP contribution in [0.4, 0.5) is 0 Å². The standard InChI is InChI=1S/C9H18O2/c1-11-9-5-3-2-4-8(9)6-7-10/h8-10H,2-7H2,1H3. The molecule has 0 bridgehead atoms. The molecule has 1 fully saturated rings. The summed E-state index contributed by atoms with van der Waals surface area (Å²) in [6.45, 7) is 0.310. The smallest absolute Gasteiger partial charge is 0.0600 e. The fourth-order valence-corrected chi connectivity index (χ4v) is 1.98. The topological polar surface area (TPSA) is 29.5 Å². The summed E-state index contributed by atoms with van der Waals surface area (Å²) >= 11 is 0. The number of ether oxygens (including phenoxy) is 1. The monoisotopic (exact) mass is 158 g/mol. The first-order valence-corrected chi connectivity index (χ1v) is 4.52. The van der Waals surface area contributed by atoms with Gasteiger partial charge < -0.3 is 9.84 Å². The van der Waals surface area contributed by atoms with E-state index in [0.29, 0.717) is 18.6 Å². The lowest BCUT2D eigenvalue weighted by Gasteiger charge is -2.29. The van der Waals surface area contributed by atoms with Gasteiger partial charge in [0, 0.05) is 13.7 Å². The van der Waals surface area contributed by atoms with Crippen LogP contribution in [0.1, 0.15) is 32.1 Å². The van der Waals surface area contributed by atoms with Crippen LogP contribution >= 0.6 is 0 Å². The molecule has 1 N–H and O–H groups in total. The molecular formula is C9H18O2. The van der Waals surface area contributed by atoms with Gasteiger partial charge in [-0.3, -0.25) is 0 Å². The molecule has 11 heavy (non-hydrogen) atoms. The lowest BCUT2D eigenvalue weighted by molar-refractivity contribution is 0.0141. The van der Waals surface area contributed by atoms with Gasteiger partial charge in [0.1, 0.15) is 0 Å². The lowest BCUT2D eigenvalue weighted by Crippen LogP contribution is -2.27. The summed E-state index contributed by atoms with van der Waals surface area (Å²) in [7, 11) is 1.78. The van der Waals surface area contributed by atoms with Gasteiger partial charge in [-0.05, 0) is 25.2 Å². The number of hydrogen-bond donors (Lipinski definition) is 1.